The van der Waals surface area contributed by atoms with Crippen LogP contribution in [0, 0.1) is 22.7 Å². The van der Waals surface area contributed by atoms with Crippen LogP contribution < -0.4 is 5.73 Å². The quantitative estimate of drug-likeness (QED) is 0.560. The summed E-state index contributed by atoms with van der Waals surface area (Å²) in [6, 6.07) is 4.06. The number of carbonyl (C=O) groups excluding carboxylic acids is 1. The van der Waals surface area contributed by atoms with Gasteiger partial charge in [0.1, 0.15) is 10.6 Å². The van der Waals surface area contributed by atoms with E-state index in [0.717, 1.165) is 23.1 Å². The maximum atomic E-state index is 12.4. The molecule has 3 rings (SSSR count). The van der Waals surface area contributed by atoms with Gasteiger partial charge in [0.25, 0.3) is 0 Å². The van der Waals surface area contributed by atoms with E-state index in [1.54, 1.807) is 16.2 Å². The van der Waals surface area contributed by atoms with Crippen LogP contribution >= 0.6 is 23.1 Å². The minimum atomic E-state index is -0.127. The fourth-order valence-corrected chi connectivity index (χ4v) is 5.26. The second-order valence-corrected chi connectivity index (χ2v) is 8.29. The molecule has 0 radical (unpaired) electrons. The molecule has 2 heterocycles. The van der Waals surface area contributed by atoms with Crippen molar-refractivity contribution in [2.75, 3.05) is 24.6 Å². The number of carbonyl (C=O) groups is 1. The van der Waals surface area contributed by atoms with Crippen LogP contribution in [0.2, 0.25) is 0 Å². The fourth-order valence-electron chi connectivity index (χ4n) is 3.18. The molecule has 2 aromatic rings. The van der Waals surface area contributed by atoms with Gasteiger partial charge < -0.3 is 10.6 Å². The van der Waals surface area contributed by atoms with Gasteiger partial charge in [0, 0.05) is 18.0 Å². The SMILES string of the molecule is N#CCCN(CCC#N)C(=O)CSc1nc(N)c2c3c(sc2n1)CCCC3. The zero-order valence-corrected chi connectivity index (χ0v) is 16.5. The van der Waals surface area contributed by atoms with Crippen LogP contribution in [0.25, 0.3) is 10.2 Å². The van der Waals surface area contributed by atoms with Gasteiger partial charge in [-0.3, -0.25) is 4.79 Å². The molecule has 0 aliphatic heterocycles. The maximum absolute atomic E-state index is 12.4. The summed E-state index contributed by atoms with van der Waals surface area (Å²) in [4.78, 5) is 25.2. The predicted molar refractivity (Wildman–Crippen MR) is 106 cm³/mol. The molecule has 0 saturated heterocycles. The minimum absolute atomic E-state index is 0.127. The largest absolute Gasteiger partial charge is 0.383 e. The molecule has 0 unspecified atom stereocenters. The molecule has 0 atom stereocenters. The molecule has 0 bridgehead atoms. The van der Waals surface area contributed by atoms with Gasteiger partial charge in [0.15, 0.2) is 5.16 Å². The van der Waals surface area contributed by atoms with Crippen LogP contribution in [0.15, 0.2) is 5.16 Å². The second-order valence-electron chi connectivity index (χ2n) is 6.27. The highest BCUT2D eigenvalue weighted by Gasteiger charge is 2.21. The Balaban J connectivity index is 1.71. The smallest absolute Gasteiger partial charge is 0.233 e. The first-order valence-electron chi connectivity index (χ1n) is 8.86. The Bertz CT molecular complexity index is 909. The number of nitrogens with zero attached hydrogens (tertiary/aromatic N) is 5. The molecule has 0 spiro atoms. The Kier molecular flexibility index (Phi) is 6.49. The molecule has 9 heteroatoms. The van der Waals surface area contributed by atoms with Gasteiger partial charge in [-0.1, -0.05) is 11.8 Å². The van der Waals surface area contributed by atoms with E-state index in [1.807, 2.05) is 12.1 Å². The Morgan fingerprint density at radius 3 is 2.59 bits per heavy atom. The Morgan fingerprint density at radius 2 is 1.89 bits per heavy atom. The van der Waals surface area contributed by atoms with Gasteiger partial charge in [0.2, 0.25) is 5.91 Å². The predicted octanol–water partition coefficient (Wildman–Crippen LogP) is 2.90. The van der Waals surface area contributed by atoms with E-state index in [-0.39, 0.29) is 24.5 Å². The molecular formula is C18H20N6OS2. The lowest BCUT2D eigenvalue weighted by Gasteiger charge is -2.19. The molecule has 1 amide bonds. The van der Waals surface area contributed by atoms with Crippen LogP contribution in [-0.2, 0) is 17.6 Å². The standard InChI is InChI=1S/C18H20N6OS2/c19-7-3-9-24(10-4-8-20)14(25)11-26-18-22-16(21)15-12-5-1-2-6-13(12)27-17(15)23-18/h1-6,9-11H2,(H2,21,22,23). The summed E-state index contributed by atoms with van der Waals surface area (Å²) in [5, 5.41) is 19.0. The Hall–Kier alpha value is -2.36. The van der Waals surface area contributed by atoms with Gasteiger partial charge in [-0.05, 0) is 31.2 Å². The van der Waals surface area contributed by atoms with Crippen LogP contribution in [0.3, 0.4) is 0 Å². The van der Waals surface area contributed by atoms with Gasteiger partial charge in [0.05, 0.1) is 36.1 Å². The molecule has 0 fully saturated rings. The highest BCUT2D eigenvalue weighted by molar-refractivity contribution is 7.99. The highest BCUT2D eigenvalue weighted by atomic mass is 32.2. The van der Waals surface area contributed by atoms with Crippen molar-refractivity contribution < 1.29 is 4.79 Å². The highest BCUT2D eigenvalue weighted by Crippen LogP contribution is 2.38. The van der Waals surface area contributed by atoms with Crippen LogP contribution in [-0.4, -0.2) is 39.6 Å². The zero-order chi connectivity index (χ0) is 19.2. The number of nitrogen functional groups attached to an aromatic ring is 1. The van der Waals surface area contributed by atoms with E-state index in [1.165, 1.54) is 35.0 Å². The van der Waals surface area contributed by atoms with Gasteiger partial charge in [-0.25, -0.2) is 9.97 Å². The first kappa shape index (κ1) is 19.4. The number of nitriles is 2. The van der Waals surface area contributed by atoms with Crippen molar-refractivity contribution >= 4 is 45.0 Å². The van der Waals surface area contributed by atoms with Crippen molar-refractivity contribution in [3.05, 3.63) is 10.4 Å². The van der Waals surface area contributed by atoms with Crippen molar-refractivity contribution in [2.45, 2.75) is 43.7 Å². The third kappa shape index (κ3) is 4.49. The maximum Gasteiger partial charge on any atom is 0.233 e. The van der Waals surface area contributed by atoms with Crippen molar-refractivity contribution in [1.29, 1.82) is 10.5 Å². The molecule has 2 aromatic heterocycles. The number of thioether (sulfide) groups is 1. The fraction of sp³-hybridized carbons (Fsp3) is 0.500. The van der Waals surface area contributed by atoms with Crippen molar-refractivity contribution in [3.63, 3.8) is 0 Å². The Labute approximate surface area is 166 Å². The molecular weight excluding hydrogens is 380 g/mol. The summed E-state index contributed by atoms with van der Waals surface area (Å²) in [6.07, 6.45) is 4.97. The molecule has 1 aliphatic carbocycles. The first-order chi connectivity index (χ1) is 13.1. The monoisotopic (exact) mass is 400 g/mol. The molecule has 140 valence electrons. The minimum Gasteiger partial charge on any atom is -0.383 e. The number of thiophene rings is 1. The van der Waals surface area contributed by atoms with Crippen LogP contribution in [0.4, 0.5) is 5.82 Å². The molecule has 27 heavy (non-hydrogen) atoms. The van der Waals surface area contributed by atoms with Crippen molar-refractivity contribution in [1.82, 2.24) is 14.9 Å². The first-order valence-corrected chi connectivity index (χ1v) is 10.7. The van der Waals surface area contributed by atoms with Crippen molar-refractivity contribution in [2.24, 2.45) is 0 Å². The van der Waals surface area contributed by atoms with E-state index < -0.39 is 0 Å². The number of rotatable bonds is 7. The number of nitrogens with two attached hydrogens (primary N) is 1. The lowest BCUT2D eigenvalue weighted by atomic mass is 9.97. The van der Waals surface area contributed by atoms with Gasteiger partial charge in [-0.2, -0.15) is 10.5 Å². The molecule has 0 aromatic carbocycles. The lowest BCUT2D eigenvalue weighted by molar-refractivity contribution is -0.128. The normalized spacial score (nSPS) is 13.0. The van der Waals surface area contributed by atoms with E-state index in [0.29, 0.717) is 24.1 Å². The van der Waals surface area contributed by atoms with Gasteiger partial charge in [-0.15, -0.1) is 11.3 Å². The van der Waals surface area contributed by atoms with Gasteiger partial charge >= 0.3 is 0 Å². The number of aryl methyl sites for hydroxylation is 2. The third-order valence-electron chi connectivity index (χ3n) is 4.49. The molecule has 1 aliphatic rings. The van der Waals surface area contributed by atoms with Crippen LogP contribution in [0.1, 0.15) is 36.1 Å². The van der Waals surface area contributed by atoms with Crippen LogP contribution in [0.5, 0.6) is 0 Å². The summed E-state index contributed by atoms with van der Waals surface area (Å²) < 4.78 is 0. The number of amides is 1. The van der Waals surface area contributed by atoms with E-state index in [9.17, 15) is 4.79 Å². The summed E-state index contributed by atoms with van der Waals surface area (Å²) in [5.74, 6) is 0.519. The average Bonchev–Trinajstić information content (AvgIpc) is 3.05. The van der Waals surface area contributed by atoms with Crippen molar-refractivity contribution in [3.8, 4) is 12.1 Å². The average molecular weight is 401 g/mol. The summed E-state index contributed by atoms with van der Waals surface area (Å²) in [6.45, 7) is 0.661. The number of hydrogen-bond donors (Lipinski definition) is 1. The van der Waals surface area contributed by atoms with E-state index in [2.05, 4.69) is 9.97 Å². The number of hydrogen-bond acceptors (Lipinski definition) is 8. The van der Waals surface area contributed by atoms with E-state index >= 15 is 0 Å². The molecule has 2 N–H and O–H groups in total. The zero-order valence-electron chi connectivity index (χ0n) is 14.9. The number of anilines is 1. The third-order valence-corrected chi connectivity index (χ3v) is 6.50. The molecule has 0 saturated carbocycles. The molecule has 7 nitrogen and oxygen atoms in total. The number of aromatic nitrogens is 2. The Morgan fingerprint density at radius 1 is 1.19 bits per heavy atom. The number of fused-ring (bicyclic) bond motifs is 3. The second kappa shape index (κ2) is 9.03. The summed E-state index contributed by atoms with van der Waals surface area (Å²) in [7, 11) is 0. The lowest BCUT2D eigenvalue weighted by Crippen LogP contribution is -2.34. The summed E-state index contributed by atoms with van der Waals surface area (Å²) in [5.41, 5.74) is 7.49. The summed E-state index contributed by atoms with van der Waals surface area (Å²) >= 11 is 2.93. The topological polar surface area (TPSA) is 120 Å². The van der Waals surface area contributed by atoms with E-state index in [4.69, 9.17) is 16.3 Å².